The maximum absolute atomic E-state index is 13.2. The van der Waals surface area contributed by atoms with Gasteiger partial charge in [0, 0.05) is 6.07 Å². The molecular formula is C13H14F2N2O2. The molecule has 0 spiro atoms. The summed E-state index contributed by atoms with van der Waals surface area (Å²) in [4.78, 5) is 25.1. The molecule has 1 aromatic rings. The third kappa shape index (κ3) is 2.43. The molecule has 2 unspecified atom stereocenters. The number of carbonyl (C=O) groups excluding carboxylic acids is 2. The zero-order valence-corrected chi connectivity index (χ0v) is 10.6. The van der Waals surface area contributed by atoms with Gasteiger partial charge in [-0.2, -0.15) is 0 Å². The Kier molecular flexibility index (Phi) is 3.50. The molecular weight excluding hydrogens is 254 g/mol. The molecule has 0 radical (unpaired) electrons. The highest BCUT2D eigenvalue weighted by molar-refractivity contribution is 6.08. The van der Waals surface area contributed by atoms with Crippen molar-refractivity contribution in [3.63, 3.8) is 0 Å². The summed E-state index contributed by atoms with van der Waals surface area (Å²) in [5.41, 5.74) is 0.0586. The van der Waals surface area contributed by atoms with Gasteiger partial charge in [0.25, 0.3) is 0 Å². The van der Waals surface area contributed by atoms with Gasteiger partial charge in [-0.1, -0.05) is 6.92 Å². The van der Waals surface area contributed by atoms with E-state index in [9.17, 15) is 18.4 Å². The van der Waals surface area contributed by atoms with Gasteiger partial charge < -0.3 is 5.32 Å². The summed E-state index contributed by atoms with van der Waals surface area (Å²) >= 11 is 0. The van der Waals surface area contributed by atoms with E-state index in [0.29, 0.717) is 6.42 Å². The van der Waals surface area contributed by atoms with E-state index in [1.807, 2.05) is 0 Å². The molecule has 1 saturated heterocycles. The molecule has 1 aliphatic heterocycles. The second-order valence-electron chi connectivity index (χ2n) is 4.48. The van der Waals surface area contributed by atoms with E-state index in [1.54, 1.807) is 6.92 Å². The Morgan fingerprint density at radius 1 is 1.21 bits per heavy atom. The fourth-order valence-corrected chi connectivity index (χ4v) is 2.14. The molecule has 1 aliphatic rings. The van der Waals surface area contributed by atoms with Crippen molar-refractivity contribution in [3.8, 4) is 0 Å². The van der Waals surface area contributed by atoms with Crippen molar-refractivity contribution in [2.75, 3.05) is 4.90 Å². The van der Waals surface area contributed by atoms with E-state index in [2.05, 4.69) is 5.32 Å². The van der Waals surface area contributed by atoms with E-state index in [0.717, 1.165) is 23.1 Å². The van der Waals surface area contributed by atoms with Crippen LogP contribution >= 0.6 is 0 Å². The number of nitrogens with zero attached hydrogens (tertiary/aromatic N) is 1. The van der Waals surface area contributed by atoms with Gasteiger partial charge in [0.05, 0.1) is 5.69 Å². The van der Waals surface area contributed by atoms with Gasteiger partial charge in [-0.15, -0.1) is 0 Å². The van der Waals surface area contributed by atoms with Crippen LogP contribution in [0.15, 0.2) is 18.2 Å². The number of anilines is 1. The number of piperazine rings is 1. The standard InChI is InChI=1S/C13H14F2N2O2/c1-3-11-13(19)17(7(2)12(18)16-11)10-5-8(14)4-9(15)6-10/h4-7,11H,3H2,1-2H3,(H,16,18). The Balaban J connectivity index is 2.44. The van der Waals surface area contributed by atoms with Crippen LogP contribution in [-0.2, 0) is 9.59 Å². The normalized spacial score (nSPS) is 23.5. The van der Waals surface area contributed by atoms with Gasteiger partial charge in [0.15, 0.2) is 0 Å². The zero-order chi connectivity index (χ0) is 14.2. The van der Waals surface area contributed by atoms with E-state index in [-0.39, 0.29) is 17.5 Å². The first-order valence-corrected chi connectivity index (χ1v) is 6.03. The van der Waals surface area contributed by atoms with E-state index < -0.39 is 23.7 Å². The van der Waals surface area contributed by atoms with Crippen LogP contribution in [0, 0.1) is 11.6 Å². The molecule has 0 aromatic heterocycles. The Bertz CT molecular complexity index is 513. The second kappa shape index (κ2) is 4.95. The lowest BCUT2D eigenvalue weighted by molar-refractivity contribution is -0.133. The molecule has 2 amide bonds. The summed E-state index contributed by atoms with van der Waals surface area (Å²) in [6, 6.07) is 1.36. The number of benzene rings is 1. The van der Waals surface area contributed by atoms with Crippen molar-refractivity contribution < 1.29 is 18.4 Å². The van der Waals surface area contributed by atoms with Crippen molar-refractivity contribution in [1.29, 1.82) is 0 Å². The summed E-state index contributed by atoms with van der Waals surface area (Å²) in [5.74, 6) is -2.27. The molecule has 1 aromatic carbocycles. The molecule has 4 nitrogen and oxygen atoms in total. The number of amides is 2. The highest BCUT2D eigenvalue weighted by Crippen LogP contribution is 2.24. The number of hydrogen-bond donors (Lipinski definition) is 1. The molecule has 1 fully saturated rings. The number of carbonyl (C=O) groups is 2. The molecule has 0 aliphatic carbocycles. The van der Waals surface area contributed by atoms with E-state index in [1.165, 1.54) is 6.92 Å². The third-order valence-corrected chi connectivity index (χ3v) is 3.15. The Morgan fingerprint density at radius 3 is 2.32 bits per heavy atom. The summed E-state index contributed by atoms with van der Waals surface area (Å²) in [5, 5.41) is 2.58. The van der Waals surface area contributed by atoms with Crippen LogP contribution in [0.4, 0.5) is 14.5 Å². The smallest absolute Gasteiger partial charge is 0.250 e. The van der Waals surface area contributed by atoms with Crippen LogP contribution in [0.25, 0.3) is 0 Å². The highest BCUT2D eigenvalue weighted by atomic mass is 19.1. The maximum Gasteiger partial charge on any atom is 0.250 e. The summed E-state index contributed by atoms with van der Waals surface area (Å²) in [6.07, 6.45) is 0.422. The Labute approximate surface area is 109 Å². The lowest BCUT2D eigenvalue weighted by Crippen LogP contribution is -2.62. The first-order chi connectivity index (χ1) is 8.93. The van der Waals surface area contributed by atoms with Crippen molar-refractivity contribution >= 4 is 17.5 Å². The van der Waals surface area contributed by atoms with Crippen LogP contribution < -0.4 is 10.2 Å². The lowest BCUT2D eigenvalue weighted by atomic mass is 10.1. The highest BCUT2D eigenvalue weighted by Gasteiger charge is 2.38. The minimum absolute atomic E-state index is 0.0586. The fraction of sp³-hybridized carbons (Fsp3) is 0.385. The van der Waals surface area contributed by atoms with Gasteiger partial charge in [0.1, 0.15) is 23.7 Å². The van der Waals surface area contributed by atoms with Crippen molar-refractivity contribution in [2.45, 2.75) is 32.4 Å². The van der Waals surface area contributed by atoms with Crippen LogP contribution in [-0.4, -0.2) is 23.9 Å². The number of hydrogen-bond acceptors (Lipinski definition) is 2. The largest absolute Gasteiger partial charge is 0.343 e. The van der Waals surface area contributed by atoms with Crippen molar-refractivity contribution in [2.24, 2.45) is 0 Å². The fourth-order valence-electron chi connectivity index (χ4n) is 2.14. The molecule has 6 heteroatoms. The number of nitrogens with one attached hydrogen (secondary N) is 1. The minimum atomic E-state index is -0.795. The predicted molar refractivity (Wildman–Crippen MR) is 65.5 cm³/mol. The van der Waals surface area contributed by atoms with Gasteiger partial charge >= 0.3 is 0 Å². The third-order valence-electron chi connectivity index (χ3n) is 3.15. The summed E-state index contributed by atoms with van der Waals surface area (Å²) in [7, 11) is 0. The van der Waals surface area contributed by atoms with Crippen LogP contribution in [0.1, 0.15) is 20.3 Å². The summed E-state index contributed by atoms with van der Waals surface area (Å²) < 4.78 is 26.5. The lowest BCUT2D eigenvalue weighted by Gasteiger charge is -2.37. The van der Waals surface area contributed by atoms with Crippen LogP contribution in [0.3, 0.4) is 0 Å². The average Bonchev–Trinajstić information content (AvgIpc) is 2.33. The van der Waals surface area contributed by atoms with Gasteiger partial charge in [0.2, 0.25) is 11.8 Å². The quantitative estimate of drug-likeness (QED) is 0.885. The predicted octanol–water partition coefficient (Wildman–Crippen LogP) is 1.59. The van der Waals surface area contributed by atoms with E-state index in [4.69, 9.17) is 0 Å². The first-order valence-electron chi connectivity index (χ1n) is 6.03. The Morgan fingerprint density at radius 2 is 1.79 bits per heavy atom. The van der Waals surface area contributed by atoms with Gasteiger partial charge in [-0.05, 0) is 25.5 Å². The topological polar surface area (TPSA) is 49.4 Å². The SMILES string of the molecule is CCC1NC(=O)C(C)N(c2cc(F)cc(F)c2)C1=O. The number of rotatable bonds is 2. The van der Waals surface area contributed by atoms with Gasteiger partial charge in [-0.25, -0.2) is 8.78 Å². The summed E-state index contributed by atoms with van der Waals surface area (Å²) in [6.45, 7) is 3.27. The molecule has 2 rings (SSSR count). The minimum Gasteiger partial charge on any atom is -0.343 e. The maximum atomic E-state index is 13.2. The van der Waals surface area contributed by atoms with Crippen LogP contribution in [0.2, 0.25) is 0 Å². The van der Waals surface area contributed by atoms with Crippen molar-refractivity contribution in [1.82, 2.24) is 5.32 Å². The average molecular weight is 268 g/mol. The van der Waals surface area contributed by atoms with Crippen molar-refractivity contribution in [3.05, 3.63) is 29.8 Å². The first kappa shape index (κ1) is 13.5. The molecule has 2 atom stereocenters. The monoisotopic (exact) mass is 268 g/mol. The molecule has 0 bridgehead atoms. The van der Waals surface area contributed by atoms with Crippen LogP contribution in [0.5, 0.6) is 0 Å². The molecule has 0 saturated carbocycles. The second-order valence-corrected chi connectivity index (χ2v) is 4.48. The molecule has 102 valence electrons. The Hall–Kier alpha value is -1.98. The van der Waals surface area contributed by atoms with Gasteiger partial charge in [-0.3, -0.25) is 14.5 Å². The molecule has 19 heavy (non-hydrogen) atoms. The van der Waals surface area contributed by atoms with E-state index >= 15 is 0 Å². The molecule has 1 N–H and O–H groups in total. The number of halogens is 2. The molecule has 1 heterocycles. The zero-order valence-electron chi connectivity index (χ0n) is 10.6.